The Morgan fingerprint density at radius 3 is 2.51 bits per heavy atom. The topological polar surface area (TPSA) is 88.4 Å². The summed E-state index contributed by atoms with van der Waals surface area (Å²) < 4.78 is 12.5. The fraction of sp³-hybridized carbons (Fsp3) is 0.148. The Balaban J connectivity index is 1.72. The first-order valence-electron chi connectivity index (χ1n) is 10.7. The Hall–Kier alpha value is -3.16. The predicted molar refractivity (Wildman–Crippen MR) is 147 cm³/mol. The lowest BCUT2D eigenvalue weighted by atomic mass is 10.1. The summed E-state index contributed by atoms with van der Waals surface area (Å²) in [5.41, 5.74) is 3.68. The number of amides is 1. The van der Waals surface area contributed by atoms with E-state index < -0.39 is 11.9 Å². The highest BCUT2D eigenvalue weighted by atomic mass is 127. The lowest BCUT2D eigenvalue weighted by Gasteiger charge is -2.12. The van der Waals surface area contributed by atoms with Crippen LogP contribution in [0.4, 0.5) is 5.69 Å². The van der Waals surface area contributed by atoms with Crippen molar-refractivity contribution in [2.75, 3.05) is 11.9 Å². The van der Waals surface area contributed by atoms with E-state index in [0.29, 0.717) is 29.2 Å². The molecular formula is C27H22BrIN2O4. The fourth-order valence-electron chi connectivity index (χ4n) is 3.18. The van der Waals surface area contributed by atoms with Crippen LogP contribution in [0, 0.1) is 21.8 Å². The van der Waals surface area contributed by atoms with Gasteiger partial charge in [0.2, 0.25) is 0 Å². The molecule has 8 heteroatoms. The highest BCUT2D eigenvalue weighted by Crippen LogP contribution is 2.33. The Kier molecular flexibility index (Phi) is 9.46. The minimum atomic E-state index is -0.553. The second-order valence-corrected chi connectivity index (χ2v) is 9.53. The average Bonchev–Trinajstić information content (AvgIpc) is 2.82. The van der Waals surface area contributed by atoms with E-state index in [9.17, 15) is 14.9 Å². The molecule has 35 heavy (non-hydrogen) atoms. The second-order valence-electron chi connectivity index (χ2n) is 7.51. The van der Waals surface area contributed by atoms with Crippen LogP contribution in [0.25, 0.3) is 6.08 Å². The van der Waals surface area contributed by atoms with E-state index in [2.05, 4.69) is 49.9 Å². The SMILES string of the molecule is CCOC(=O)c1ccc(NC(=O)/C(C#N)=C/c2cc(Br)c(OCc3cccc(C)c3)c(I)c2)cc1. The Morgan fingerprint density at radius 2 is 1.89 bits per heavy atom. The minimum Gasteiger partial charge on any atom is -0.487 e. The fourth-order valence-corrected chi connectivity index (χ4v) is 4.94. The average molecular weight is 645 g/mol. The third-order valence-electron chi connectivity index (χ3n) is 4.82. The van der Waals surface area contributed by atoms with Gasteiger partial charge in [0.05, 0.1) is 20.2 Å². The van der Waals surface area contributed by atoms with Gasteiger partial charge in [-0.3, -0.25) is 4.79 Å². The van der Waals surface area contributed by atoms with Crippen LogP contribution < -0.4 is 10.1 Å². The molecule has 0 spiro atoms. The molecule has 0 atom stereocenters. The van der Waals surface area contributed by atoms with E-state index >= 15 is 0 Å². The van der Waals surface area contributed by atoms with Gasteiger partial charge in [-0.1, -0.05) is 29.8 Å². The van der Waals surface area contributed by atoms with E-state index in [1.54, 1.807) is 37.3 Å². The molecule has 1 amide bonds. The third kappa shape index (κ3) is 7.41. The van der Waals surface area contributed by atoms with Crippen molar-refractivity contribution in [3.63, 3.8) is 0 Å². The summed E-state index contributed by atoms with van der Waals surface area (Å²) in [5.74, 6) is -0.300. The van der Waals surface area contributed by atoms with Gasteiger partial charge in [0.15, 0.2) is 0 Å². The first-order chi connectivity index (χ1) is 16.8. The molecule has 0 bridgehead atoms. The molecule has 3 aromatic carbocycles. The highest BCUT2D eigenvalue weighted by Gasteiger charge is 2.14. The van der Waals surface area contributed by atoms with Gasteiger partial charge in [0, 0.05) is 5.69 Å². The number of hydrogen-bond donors (Lipinski definition) is 1. The number of esters is 1. The molecule has 1 N–H and O–H groups in total. The van der Waals surface area contributed by atoms with Crippen molar-refractivity contribution < 1.29 is 19.1 Å². The number of carbonyl (C=O) groups is 2. The summed E-state index contributed by atoms with van der Waals surface area (Å²) in [4.78, 5) is 24.4. The number of nitrogens with one attached hydrogen (secondary N) is 1. The molecule has 3 aromatic rings. The zero-order chi connectivity index (χ0) is 25.4. The van der Waals surface area contributed by atoms with Crippen molar-refractivity contribution in [3.8, 4) is 11.8 Å². The van der Waals surface area contributed by atoms with Gasteiger partial charge in [-0.05, 0) is 106 Å². The van der Waals surface area contributed by atoms with Gasteiger partial charge in [-0.2, -0.15) is 5.26 Å². The minimum absolute atomic E-state index is 0.0596. The van der Waals surface area contributed by atoms with Gasteiger partial charge in [0.25, 0.3) is 5.91 Å². The summed E-state index contributed by atoms with van der Waals surface area (Å²) in [6.07, 6.45) is 1.51. The molecule has 178 valence electrons. The molecule has 0 aromatic heterocycles. The first-order valence-corrected chi connectivity index (χ1v) is 12.6. The molecule has 0 unspecified atom stereocenters. The zero-order valence-electron chi connectivity index (χ0n) is 19.1. The van der Waals surface area contributed by atoms with Gasteiger partial charge in [-0.25, -0.2) is 4.79 Å². The predicted octanol–water partition coefficient (Wildman–Crippen LogP) is 6.66. The number of nitriles is 1. The van der Waals surface area contributed by atoms with Crippen LogP contribution in [0.2, 0.25) is 0 Å². The maximum atomic E-state index is 12.7. The molecule has 0 aliphatic carbocycles. The number of carbonyl (C=O) groups excluding carboxylic acids is 2. The third-order valence-corrected chi connectivity index (χ3v) is 6.21. The van der Waals surface area contributed by atoms with Crippen molar-refractivity contribution in [2.24, 2.45) is 0 Å². The van der Waals surface area contributed by atoms with E-state index in [1.807, 2.05) is 37.3 Å². The van der Waals surface area contributed by atoms with Gasteiger partial charge >= 0.3 is 5.97 Å². The lowest BCUT2D eigenvalue weighted by Crippen LogP contribution is -2.13. The van der Waals surface area contributed by atoms with E-state index in [1.165, 1.54) is 6.08 Å². The highest BCUT2D eigenvalue weighted by molar-refractivity contribution is 14.1. The number of rotatable bonds is 8. The summed E-state index contributed by atoms with van der Waals surface area (Å²) in [6.45, 7) is 4.47. The van der Waals surface area contributed by atoms with E-state index in [4.69, 9.17) is 9.47 Å². The van der Waals surface area contributed by atoms with Crippen LogP contribution in [0.5, 0.6) is 5.75 Å². The quantitative estimate of drug-likeness (QED) is 0.128. The Bertz CT molecular complexity index is 1290. The number of hydrogen-bond acceptors (Lipinski definition) is 5. The van der Waals surface area contributed by atoms with Crippen LogP contribution in [-0.2, 0) is 16.1 Å². The normalized spacial score (nSPS) is 10.9. The summed E-state index contributed by atoms with van der Waals surface area (Å²) in [7, 11) is 0. The number of nitrogens with zero attached hydrogens (tertiary/aromatic N) is 1. The van der Waals surface area contributed by atoms with E-state index in [-0.39, 0.29) is 12.2 Å². The number of halogens is 2. The maximum Gasteiger partial charge on any atom is 0.338 e. The van der Waals surface area contributed by atoms with Crippen LogP contribution >= 0.6 is 38.5 Å². The summed E-state index contributed by atoms with van der Waals surface area (Å²) in [6, 6.07) is 20.0. The monoisotopic (exact) mass is 644 g/mol. The molecule has 0 aliphatic rings. The summed E-state index contributed by atoms with van der Waals surface area (Å²) in [5, 5.41) is 12.2. The van der Waals surface area contributed by atoms with Crippen LogP contribution in [0.1, 0.15) is 34.0 Å². The second kappa shape index (κ2) is 12.5. The molecular weight excluding hydrogens is 623 g/mol. The number of anilines is 1. The largest absolute Gasteiger partial charge is 0.487 e. The van der Waals surface area contributed by atoms with Crippen molar-refractivity contribution in [2.45, 2.75) is 20.5 Å². The van der Waals surface area contributed by atoms with E-state index in [0.717, 1.165) is 19.2 Å². The standard InChI is InChI=1S/C27H22BrIN2O4/c1-3-34-27(33)20-7-9-22(10-8-20)31-26(32)21(15-30)12-19-13-23(28)25(24(29)14-19)35-16-18-6-4-5-17(2)11-18/h4-14H,3,16H2,1-2H3,(H,31,32)/b21-12+. The van der Waals surface area contributed by atoms with Crippen LogP contribution in [0.3, 0.4) is 0 Å². The molecule has 0 aliphatic heterocycles. The Morgan fingerprint density at radius 1 is 1.14 bits per heavy atom. The van der Waals surface area contributed by atoms with Crippen molar-refractivity contribution >= 4 is 62.2 Å². The van der Waals surface area contributed by atoms with Crippen LogP contribution in [0.15, 0.2) is 70.7 Å². The molecule has 0 fully saturated rings. The van der Waals surface area contributed by atoms with Crippen molar-refractivity contribution in [3.05, 3.63) is 96.5 Å². The van der Waals surface area contributed by atoms with Gasteiger partial charge in [-0.15, -0.1) is 0 Å². The zero-order valence-corrected chi connectivity index (χ0v) is 22.8. The number of benzene rings is 3. The molecule has 6 nitrogen and oxygen atoms in total. The number of aryl methyl sites for hydroxylation is 1. The Labute approximate surface area is 226 Å². The number of ether oxygens (including phenoxy) is 2. The molecule has 0 heterocycles. The van der Waals surface area contributed by atoms with Gasteiger partial charge < -0.3 is 14.8 Å². The lowest BCUT2D eigenvalue weighted by molar-refractivity contribution is -0.112. The smallest absolute Gasteiger partial charge is 0.338 e. The summed E-state index contributed by atoms with van der Waals surface area (Å²) >= 11 is 5.70. The van der Waals surface area contributed by atoms with Gasteiger partial charge in [0.1, 0.15) is 24.0 Å². The first kappa shape index (κ1) is 26.4. The van der Waals surface area contributed by atoms with Crippen molar-refractivity contribution in [1.29, 1.82) is 5.26 Å². The van der Waals surface area contributed by atoms with Crippen molar-refractivity contribution in [1.82, 2.24) is 0 Å². The maximum absolute atomic E-state index is 12.7. The van der Waals surface area contributed by atoms with Crippen LogP contribution in [-0.4, -0.2) is 18.5 Å². The molecule has 0 saturated carbocycles. The molecule has 3 rings (SSSR count). The molecule has 0 radical (unpaired) electrons. The molecule has 0 saturated heterocycles.